The van der Waals surface area contributed by atoms with Crippen molar-refractivity contribution in [2.75, 3.05) is 0 Å². The molecule has 0 saturated heterocycles. The minimum absolute atomic E-state index is 0.223. The third kappa shape index (κ3) is 4.28. The molecule has 8 heteroatoms. The number of rotatable bonds is 4. The van der Waals surface area contributed by atoms with E-state index >= 15 is 0 Å². The molecular weight excluding hydrogens is 379 g/mol. The highest BCUT2D eigenvalue weighted by molar-refractivity contribution is 7.90. The molecule has 0 fully saturated rings. The standard InChI is InChI=1S/C19H14F3NO3S/c20-19(21,22)15-8-4-9-16(12-15)27(25,26)23-18(24)11-14-7-3-6-13-5-1-2-10-17(13)14/h1-10,12H,11H2,(H,23,24). The van der Waals surface area contributed by atoms with E-state index in [4.69, 9.17) is 0 Å². The Hall–Kier alpha value is -2.87. The fraction of sp³-hybridized carbons (Fsp3) is 0.105. The smallest absolute Gasteiger partial charge is 0.274 e. The number of amides is 1. The highest BCUT2D eigenvalue weighted by atomic mass is 32.2. The van der Waals surface area contributed by atoms with Gasteiger partial charge in [0.25, 0.3) is 10.0 Å². The second-order valence-corrected chi connectivity index (χ2v) is 7.55. The average Bonchev–Trinajstić information content (AvgIpc) is 2.61. The first-order valence-electron chi connectivity index (χ1n) is 7.86. The Morgan fingerprint density at radius 3 is 2.33 bits per heavy atom. The maximum atomic E-state index is 12.8. The normalized spacial score (nSPS) is 12.1. The lowest BCUT2D eigenvalue weighted by Crippen LogP contribution is -2.32. The summed E-state index contributed by atoms with van der Waals surface area (Å²) >= 11 is 0. The second kappa shape index (κ2) is 7.03. The van der Waals surface area contributed by atoms with Gasteiger partial charge in [0.2, 0.25) is 5.91 Å². The number of halogens is 3. The number of carbonyl (C=O) groups excluding carboxylic acids is 1. The van der Waals surface area contributed by atoms with Crippen molar-refractivity contribution in [3.63, 3.8) is 0 Å². The summed E-state index contributed by atoms with van der Waals surface area (Å²) in [4.78, 5) is 11.6. The Kier molecular flexibility index (Phi) is 4.93. The minimum atomic E-state index is -4.68. The maximum absolute atomic E-state index is 12.8. The van der Waals surface area contributed by atoms with Gasteiger partial charge < -0.3 is 0 Å². The fourth-order valence-electron chi connectivity index (χ4n) is 2.70. The third-order valence-corrected chi connectivity index (χ3v) is 5.32. The first-order chi connectivity index (χ1) is 12.7. The number of hydrogen-bond donors (Lipinski definition) is 1. The molecule has 0 bridgehead atoms. The monoisotopic (exact) mass is 393 g/mol. The molecular formula is C19H14F3NO3S. The summed E-state index contributed by atoms with van der Waals surface area (Å²) in [5.74, 6) is -0.830. The molecule has 0 unspecified atom stereocenters. The minimum Gasteiger partial charge on any atom is -0.274 e. The molecule has 0 saturated carbocycles. The van der Waals surface area contributed by atoms with E-state index in [1.807, 2.05) is 22.9 Å². The van der Waals surface area contributed by atoms with Crippen molar-refractivity contribution in [2.45, 2.75) is 17.5 Å². The summed E-state index contributed by atoms with van der Waals surface area (Å²) in [7, 11) is -4.42. The summed E-state index contributed by atoms with van der Waals surface area (Å²) in [6.07, 6.45) is -4.90. The Morgan fingerprint density at radius 1 is 0.926 bits per heavy atom. The summed E-state index contributed by atoms with van der Waals surface area (Å²) in [6.45, 7) is 0. The molecule has 1 amide bonds. The Bertz CT molecular complexity index is 1100. The molecule has 140 valence electrons. The number of hydrogen-bond acceptors (Lipinski definition) is 3. The average molecular weight is 393 g/mol. The third-order valence-electron chi connectivity index (χ3n) is 3.95. The van der Waals surface area contributed by atoms with Crippen molar-refractivity contribution in [1.82, 2.24) is 4.72 Å². The lowest BCUT2D eigenvalue weighted by molar-refractivity contribution is -0.137. The predicted molar refractivity (Wildman–Crippen MR) is 94.4 cm³/mol. The van der Waals surface area contributed by atoms with Crippen molar-refractivity contribution in [2.24, 2.45) is 0 Å². The van der Waals surface area contributed by atoms with Crippen LogP contribution in [0.4, 0.5) is 13.2 Å². The number of carbonyl (C=O) groups is 1. The molecule has 0 radical (unpaired) electrons. The molecule has 3 aromatic rings. The molecule has 0 aliphatic rings. The van der Waals surface area contributed by atoms with Crippen LogP contribution in [0.1, 0.15) is 11.1 Å². The van der Waals surface area contributed by atoms with Gasteiger partial charge in [-0.1, -0.05) is 48.5 Å². The van der Waals surface area contributed by atoms with Gasteiger partial charge in [0.05, 0.1) is 16.9 Å². The maximum Gasteiger partial charge on any atom is 0.416 e. The Balaban J connectivity index is 1.83. The quantitative estimate of drug-likeness (QED) is 0.731. The summed E-state index contributed by atoms with van der Waals surface area (Å²) < 4.78 is 64.7. The van der Waals surface area contributed by atoms with Gasteiger partial charge in [0, 0.05) is 0 Å². The molecule has 0 aromatic heterocycles. The first-order valence-corrected chi connectivity index (χ1v) is 9.35. The van der Waals surface area contributed by atoms with Crippen LogP contribution < -0.4 is 4.72 Å². The number of nitrogens with one attached hydrogen (secondary N) is 1. The van der Waals surface area contributed by atoms with Gasteiger partial charge in [-0.3, -0.25) is 4.79 Å². The van der Waals surface area contributed by atoms with E-state index in [0.717, 1.165) is 29.0 Å². The van der Waals surface area contributed by atoms with Crippen LogP contribution in [0.25, 0.3) is 10.8 Å². The second-order valence-electron chi connectivity index (χ2n) is 5.87. The highest BCUT2D eigenvalue weighted by Gasteiger charge is 2.32. The van der Waals surface area contributed by atoms with Gasteiger partial charge in [-0.2, -0.15) is 13.2 Å². The largest absolute Gasteiger partial charge is 0.416 e. The lowest BCUT2D eigenvalue weighted by Gasteiger charge is -2.11. The summed E-state index contributed by atoms with van der Waals surface area (Å²) in [5.41, 5.74) is -0.489. The van der Waals surface area contributed by atoms with Gasteiger partial charge in [-0.25, -0.2) is 13.1 Å². The van der Waals surface area contributed by atoms with Crippen molar-refractivity contribution < 1.29 is 26.4 Å². The number of benzene rings is 3. The fourth-order valence-corrected chi connectivity index (χ4v) is 3.73. The van der Waals surface area contributed by atoms with Crippen LogP contribution >= 0.6 is 0 Å². The molecule has 0 heterocycles. The van der Waals surface area contributed by atoms with Gasteiger partial charge in [-0.15, -0.1) is 0 Å². The number of sulfonamides is 1. The zero-order valence-corrected chi connectivity index (χ0v) is 14.6. The van der Waals surface area contributed by atoms with Gasteiger partial charge in [-0.05, 0) is 34.5 Å². The number of alkyl halides is 3. The van der Waals surface area contributed by atoms with Crippen molar-refractivity contribution in [3.8, 4) is 0 Å². The molecule has 3 rings (SSSR count). The SMILES string of the molecule is O=C(Cc1cccc2ccccc12)NS(=O)(=O)c1cccc(C(F)(F)F)c1. The molecule has 0 aliphatic heterocycles. The van der Waals surface area contributed by atoms with E-state index in [-0.39, 0.29) is 6.42 Å². The first kappa shape index (κ1) is 18.9. The van der Waals surface area contributed by atoms with Crippen LogP contribution in [0, 0.1) is 0 Å². The number of fused-ring (bicyclic) bond motifs is 1. The van der Waals surface area contributed by atoms with Crippen LogP contribution in [0.3, 0.4) is 0 Å². The van der Waals surface area contributed by atoms with Crippen LogP contribution in [-0.2, 0) is 27.4 Å². The van der Waals surface area contributed by atoms with Gasteiger partial charge in [0.1, 0.15) is 0 Å². The van der Waals surface area contributed by atoms with E-state index in [1.54, 1.807) is 24.3 Å². The van der Waals surface area contributed by atoms with Crippen molar-refractivity contribution in [3.05, 3.63) is 77.9 Å². The van der Waals surface area contributed by atoms with Gasteiger partial charge in [0.15, 0.2) is 0 Å². The van der Waals surface area contributed by atoms with E-state index < -0.39 is 32.6 Å². The predicted octanol–water partition coefficient (Wildman–Crippen LogP) is 3.91. The highest BCUT2D eigenvalue weighted by Crippen LogP contribution is 2.30. The van der Waals surface area contributed by atoms with E-state index in [0.29, 0.717) is 11.6 Å². The Labute approximate surface area is 153 Å². The topological polar surface area (TPSA) is 63.2 Å². The van der Waals surface area contributed by atoms with Crippen LogP contribution in [-0.4, -0.2) is 14.3 Å². The van der Waals surface area contributed by atoms with Crippen molar-refractivity contribution >= 4 is 26.7 Å². The lowest BCUT2D eigenvalue weighted by atomic mass is 10.0. The zero-order chi connectivity index (χ0) is 19.7. The van der Waals surface area contributed by atoms with Gasteiger partial charge >= 0.3 is 6.18 Å². The molecule has 27 heavy (non-hydrogen) atoms. The summed E-state index contributed by atoms with van der Waals surface area (Å²) in [6, 6.07) is 15.8. The van der Waals surface area contributed by atoms with Crippen molar-refractivity contribution in [1.29, 1.82) is 0 Å². The van der Waals surface area contributed by atoms with E-state index in [9.17, 15) is 26.4 Å². The van der Waals surface area contributed by atoms with E-state index in [2.05, 4.69) is 0 Å². The molecule has 0 aliphatic carbocycles. The molecule has 1 N–H and O–H groups in total. The molecule has 3 aromatic carbocycles. The summed E-state index contributed by atoms with van der Waals surface area (Å²) in [5, 5.41) is 1.69. The Morgan fingerprint density at radius 2 is 1.59 bits per heavy atom. The van der Waals surface area contributed by atoms with E-state index in [1.165, 1.54) is 0 Å². The van der Waals surface area contributed by atoms with Crippen LogP contribution in [0.2, 0.25) is 0 Å². The molecule has 0 atom stereocenters. The van der Waals surface area contributed by atoms with Crippen LogP contribution in [0.5, 0.6) is 0 Å². The molecule has 0 spiro atoms. The molecule has 4 nitrogen and oxygen atoms in total. The van der Waals surface area contributed by atoms with Crippen LogP contribution in [0.15, 0.2) is 71.6 Å². The zero-order valence-electron chi connectivity index (χ0n) is 13.8.